The van der Waals surface area contributed by atoms with Crippen LogP contribution in [0, 0.1) is 0 Å². The van der Waals surface area contributed by atoms with E-state index >= 15 is 0 Å². The maximum atomic E-state index is 13.4. The van der Waals surface area contributed by atoms with Gasteiger partial charge in [0.15, 0.2) is 0 Å². The lowest BCUT2D eigenvalue weighted by Gasteiger charge is -2.14. The quantitative estimate of drug-likeness (QED) is 0.394. The van der Waals surface area contributed by atoms with E-state index < -0.39 is 23.6 Å². The van der Waals surface area contributed by atoms with Crippen LogP contribution in [0.25, 0.3) is 6.08 Å². The highest BCUT2D eigenvalue weighted by molar-refractivity contribution is 6.05. The summed E-state index contributed by atoms with van der Waals surface area (Å²) < 4.78 is 40.2. The van der Waals surface area contributed by atoms with Crippen LogP contribution in [0.1, 0.15) is 27.0 Å². The van der Waals surface area contributed by atoms with E-state index in [-0.39, 0.29) is 23.4 Å². The molecule has 4 N–H and O–H groups in total. The van der Waals surface area contributed by atoms with Gasteiger partial charge >= 0.3 is 6.18 Å². The smallest absolute Gasteiger partial charge is 0.398 e. The number of halogens is 3. The first-order chi connectivity index (χ1) is 15.3. The Morgan fingerprint density at radius 2 is 1.50 bits per heavy atom. The number of para-hydroxylation sites is 1. The van der Waals surface area contributed by atoms with Crippen LogP contribution < -0.4 is 16.4 Å². The van der Waals surface area contributed by atoms with Gasteiger partial charge in [0.25, 0.3) is 11.8 Å². The van der Waals surface area contributed by atoms with E-state index in [9.17, 15) is 22.8 Å². The van der Waals surface area contributed by atoms with E-state index in [0.29, 0.717) is 11.3 Å². The van der Waals surface area contributed by atoms with Crippen molar-refractivity contribution >= 4 is 23.6 Å². The Balaban J connectivity index is 1.92. The molecule has 5 nitrogen and oxygen atoms in total. The van der Waals surface area contributed by atoms with Crippen molar-refractivity contribution in [1.29, 1.82) is 0 Å². The summed E-state index contributed by atoms with van der Waals surface area (Å²) in [6.45, 7) is 0.0327. The summed E-state index contributed by atoms with van der Waals surface area (Å²) >= 11 is 0. The number of alkyl halides is 3. The minimum Gasteiger partial charge on any atom is -0.398 e. The maximum absolute atomic E-state index is 13.4. The molecule has 0 fully saturated rings. The van der Waals surface area contributed by atoms with Crippen LogP contribution in [0.5, 0.6) is 0 Å². The second kappa shape index (κ2) is 9.82. The van der Waals surface area contributed by atoms with E-state index in [2.05, 4.69) is 10.6 Å². The van der Waals surface area contributed by atoms with Crippen LogP contribution in [0.15, 0.2) is 84.6 Å². The van der Waals surface area contributed by atoms with Gasteiger partial charge in [-0.05, 0) is 41.5 Å². The van der Waals surface area contributed by atoms with Gasteiger partial charge in [0.1, 0.15) is 5.70 Å². The molecule has 0 spiro atoms. The van der Waals surface area contributed by atoms with E-state index in [1.807, 2.05) is 0 Å². The summed E-state index contributed by atoms with van der Waals surface area (Å²) in [6.07, 6.45) is -3.62. The van der Waals surface area contributed by atoms with Gasteiger partial charge in [-0.1, -0.05) is 54.6 Å². The van der Waals surface area contributed by atoms with Crippen LogP contribution in [-0.4, -0.2) is 11.8 Å². The molecule has 32 heavy (non-hydrogen) atoms. The number of nitrogens with one attached hydrogen (secondary N) is 2. The topological polar surface area (TPSA) is 84.2 Å². The Morgan fingerprint density at radius 1 is 0.875 bits per heavy atom. The van der Waals surface area contributed by atoms with Crippen LogP contribution >= 0.6 is 0 Å². The molecule has 3 aromatic carbocycles. The molecular formula is C24H20F3N3O2. The molecule has 0 aliphatic rings. The molecule has 3 rings (SSSR count). The molecule has 0 aliphatic carbocycles. The van der Waals surface area contributed by atoms with E-state index in [1.54, 1.807) is 42.5 Å². The molecule has 164 valence electrons. The van der Waals surface area contributed by atoms with Gasteiger partial charge in [0.05, 0.1) is 5.56 Å². The first-order valence-corrected chi connectivity index (χ1v) is 9.61. The highest BCUT2D eigenvalue weighted by Gasteiger charge is 2.32. The van der Waals surface area contributed by atoms with Crippen molar-refractivity contribution in [3.05, 3.63) is 107 Å². The zero-order chi connectivity index (χ0) is 23.1. The fraction of sp³-hybridized carbons (Fsp3) is 0.0833. The van der Waals surface area contributed by atoms with Gasteiger partial charge in [-0.25, -0.2) is 0 Å². The zero-order valence-corrected chi connectivity index (χ0v) is 16.8. The molecule has 0 unspecified atom stereocenters. The number of carbonyl (C=O) groups is 2. The summed E-state index contributed by atoms with van der Waals surface area (Å²) in [7, 11) is 0. The van der Waals surface area contributed by atoms with E-state index in [4.69, 9.17) is 5.73 Å². The highest BCUT2D eigenvalue weighted by Crippen LogP contribution is 2.32. The second-order valence-corrected chi connectivity index (χ2v) is 6.84. The van der Waals surface area contributed by atoms with Crippen molar-refractivity contribution in [3.8, 4) is 0 Å². The number of nitrogens with two attached hydrogens (primary N) is 1. The van der Waals surface area contributed by atoms with Crippen molar-refractivity contribution in [3.63, 3.8) is 0 Å². The second-order valence-electron chi connectivity index (χ2n) is 6.84. The number of rotatable bonds is 6. The third kappa shape index (κ3) is 5.75. The average Bonchev–Trinajstić information content (AvgIpc) is 2.78. The summed E-state index contributed by atoms with van der Waals surface area (Å²) in [6, 6.07) is 19.7. The molecule has 0 aromatic heterocycles. The van der Waals surface area contributed by atoms with Crippen molar-refractivity contribution in [2.75, 3.05) is 5.73 Å². The fourth-order valence-corrected chi connectivity index (χ4v) is 2.94. The molecule has 8 heteroatoms. The Labute approximate surface area is 182 Å². The first-order valence-electron chi connectivity index (χ1n) is 9.61. The number of anilines is 1. The Hall–Kier alpha value is -4.07. The monoisotopic (exact) mass is 439 g/mol. The van der Waals surface area contributed by atoms with Gasteiger partial charge in [-0.3, -0.25) is 9.59 Å². The number of carbonyl (C=O) groups excluding carboxylic acids is 2. The molecule has 0 aliphatic heterocycles. The van der Waals surface area contributed by atoms with Crippen LogP contribution in [0.4, 0.5) is 18.9 Å². The van der Waals surface area contributed by atoms with Crippen LogP contribution in [-0.2, 0) is 17.5 Å². The Bertz CT molecular complexity index is 1140. The summed E-state index contributed by atoms with van der Waals surface area (Å²) in [5, 5.41) is 5.01. The van der Waals surface area contributed by atoms with Gasteiger partial charge < -0.3 is 16.4 Å². The van der Waals surface area contributed by atoms with Crippen molar-refractivity contribution in [2.45, 2.75) is 12.7 Å². The van der Waals surface area contributed by atoms with Gasteiger partial charge in [0, 0.05) is 17.8 Å². The average molecular weight is 439 g/mol. The summed E-state index contributed by atoms with van der Waals surface area (Å²) in [5.74, 6) is -1.38. The lowest BCUT2D eigenvalue weighted by atomic mass is 10.1. The Morgan fingerprint density at radius 3 is 2.19 bits per heavy atom. The van der Waals surface area contributed by atoms with Crippen LogP contribution in [0.3, 0.4) is 0 Å². The highest BCUT2D eigenvalue weighted by atomic mass is 19.4. The van der Waals surface area contributed by atoms with Crippen molar-refractivity contribution in [1.82, 2.24) is 10.6 Å². The van der Waals surface area contributed by atoms with Crippen molar-refractivity contribution in [2.24, 2.45) is 0 Å². The molecule has 0 heterocycles. The SMILES string of the molecule is Nc1ccccc1CNC(=O)/C(=C\c1ccccc1C(F)(F)F)NC(=O)c1ccccc1. The normalized spacial score (nSPS) is 11.7. The van der Waals surface area contributed by atoms with Gasteiger partial charge in [-0.15, -0.1) is 0 Å². The number of hydrogen-bond donors (Lipinski definition) is 3. The minimum atomic E-state index is -4.63. The number of amides is 2. The largest absolute Gasteiger partial charge is 0.416 e. The number of hydrogen-bond acceptors (Lipinski definition) is 3. The third-order valence-corrected chi connectivity index (χ3v) is 4.59. The molecule has 3 aromatic rings. The molecule has 0 saturated carbocycles. The third-order valence-electron chi connectivity index (χ3n) is 4.59. The first kappa shape index (κ1) is 22.6. The molecule has 2 amide bonds. The minimum absolute atomic E-state index is 0.0327. The molecule has 0 bridgehead atoms. The lowest BCUT2D eigenvalue weighted by Crippen LogP contribution is -2.34. The standard InChI is InChI=1S/C24H20F3N3O2/c25-24(26,27)19-12-6-4-10-17(19)14-21(30-22(31)16-8-2-1-3-9-16)23(32)29-15-18-11-5-7-13-20(18)28/h1-14H,15,28H2,(H,29,32)(H,30,31)/b21-14+. The molecule has 0 atom stereocenters. The Kier molecular flexibility index (Phi) is 6.94. The summed E-state index contributed by atoms with van der Waals surface area (Å²) in [4.78, 5) is 25.4. The summed E-state index contributed by atoms with van der Waals surface area (Å²) in [5.41, 5.74) is 5.70. The molecular weight excluding hydrogens is 419 g/mol. The number of benzene rings is 3. The van der Waals surface area contributed by atoms with E-state index in [1.165, 1.54) is 30.3 Å². The predicted octanol–water partition coefficient (Wildman–Crippen LogP) is 4.37. The lowest BCUT2D eigenvalue weighted by molar-refractivity contribution is -0.137. The van der Waals surface area contributed by atoms with Crippen molar-refractivity contribution < 1.29 is 22.8 Å². The van der Waals surface area contributed by atoms with Crippen LogP contribution in [0.2, 0.25) is 0 Å². The molecule has 0 radical (unpaired) electrons. The molecule has 0 saturated heterocycles. The van der Waals surface area contributed by atoms with E-state index in [0.717, 1.165) is 12.1 Å². The fourth-order valence-electron chi connectivity index (χ4n) is 2.94. The van der Waals surface area contributed by atoms with Gasteiger partial charge in [-0.2, -0.15) is 13.2 Å². The zero-order valence-electron chi connectivity index (χ0n) is 16.8. The van der Waals surface area contributed by atoms with Gasteiger partial charge in [0.2, 0.25) is 0 Å². The predicted molar refractivity (Wildman–Crippen MR) is 116 cm³/mol. The maximum Gasteiger partial charge on any atom is 0.416 e. The number of nitrogen functional groups attached to an aromatic ring is 1.